The summed E-state index contributed by atoms with van der Waals surface area (Å²) in [5.41, 5.74) is 7.05. The Labute approximate surface area is 112 Å². The van der Waals surface area contributed by atoms with Gasteiger partial charge in [0.15, 0.2) is 5.13 Å². The van der Waals surface area contributed by atoms with E-state index in [2.05, 4.69) is 10.3 Å². The first-order valence-electron chi connectivity index (χ1n) is 6.55. The molecule has 100 valence electrons. The highest BCUT2D eigenvalue weighted by Crippen LogP contribution is 2.27. The second-order valence-electron chi connectivity index (χ2n) is 5.12. The first kappa shape index (κ1) is 13.5. The maximum Gasteiger partial charge on any atom is 0.226 e. The summed E-state index contributed by atoms with van der Waals surface area (Å²) in [6.45, 7) is 3.97. The zero-order chi connectivity index (χ0) is 13.1. The van der Waals surface area contributed by atoms with Crippen LogP contribution in [0.1, 0.15) is 42.7 Å². The van der Waals surface area contributed by atoms with Gasteiger partial charge in [-0.15, -0.1) is 11.3 Å². The second-order valence-corrected chi connectivity index (χ2v) is 6.32. The molecule has 1 aromatic rings. The van der Waals surface area contributed by atoms with E-state index in [1.165, 1.54) is 24.2 Å². The molecule has 1 saturated carbocycles. The molecule has 0 saturated heterocycles. The van der Waals surface area contributed by atoms with Crippen LogP contribution in [0.15, 0.2) is 0 Å². The third-order valence-corrected chi connectivity index (χ3v) is 4.68. The van der Waals surface area contributed by atoms with Gasteiger partial charge in [0.2, 0.25) is 5.91 Å². The third kappa shape index (κ3) is 3.29. The molecule has 0 spiro atoms. The van der Waals surface area contributed by atoms with Gasteiger partial charge in [0.25, 0.3) is 0 Å². The molecule has 18 heavy (non-hydrogen) atoms. The van der Waals surface area contributed by atoms with Crippen molar-refractivity contribution in [2.24, 2.45) is 11.7 Å². The molecule has 2 atom stereocenters. The molecule has 3 N–H and O–H groups in total. The Morgan fingerprint density at radius 3 is 2.78 bits per heavy atom. The molecule has 1 amide bonds. The third-order valence-electron chi connectivity index (χ3n) is 3.69. The number of anilines is 1. The molecular weight excluding hydrogens is 246 g/mol. The molecule has 2 unspecified atom stereocenters. The van der Waals surface area contributed by atoms with E-state index in [9.17, 15) is 4.79 Å². The fraction of sp³-hybridized carbons (Fsp3) is 0.692. The summed E-state index contributed by atoms with van der Waals surface area (Å²) in [4.78, 5) is 17.4. The van der Waals surface area contributed by atoms with Crippen molar-refractivity contribution in [2.75, 3.05) is 5.32 Å². The van der Waals surface area contributed by atoms with E-state index in [1.807, 2.05) is 13.8 Å². The number of hydrogen-bond donors (Lipinski definition) is 2. The van der Waals surface area contributed by atoms with E-state index >= 15 is 0 Å². The van der Waals surface area contributed by atoms with Crippen LogP contribution < -0.4 is 11.1 Å². The molecule has 1 aromatic heterocycles. The molecule has 0 radical (unpaired) electrons. The van der Waals surface area contributed by atoms with Crippen molar-refractivity contribution >= 4 is 22.4 Å². The molecular formula is C13H21N3OS. The Morgan fingerprint density at radius 1 is 1.44 bits per heavy atom. The van der Waals surface area contributed by atoms with Gasteiger partial charge in [0.1, 0.15) is 0 Å². The Balaban J connectivity index is 1.88. The fourth-order valence-corrected chi connectivity index (χ4v) is 3.26. The topological polar surface area (TPSA) is 68.0 Å². The average Bonchev–Trinajstić information content (AvgIpc) is 2.61. The summed E-state index contributed by atoms with van der Waals surface area (Å²) in [5, 5.41) is 3.59. The van der Waals surface area contributed by atoms with Crippen LogP contribution in [0.3, 0.4) is 0 Å². The molecule has 1 heterocycles. The largest absolute Gasteiger partial charge is 0.327 e. The van der Waals surface area contributed by atoms with Crippen LogP contribution in [0.5, 0.6) is 0 Å². The van der Waals surface area contributed by atoms with Crippen LogP contribution in [0.25, 0.3) is 0 Å². The molecule has 4 nitrogen and oxygen atoms in total. The van der Waals surface area contributed by atoms with Gasteiger partial charge in [-0.3, -0.25) is 4.79 Å². The van der Waals surface area contributed by atoms with Crippen LogP contribution in [0, 0.1) is 19.8 Å². The lowest BCUT2D eigenvalue weighted by Crippen LogP contribution is -2.35. The molecule has 0 bridgehead atoms. The molecule has 1 aliphatic rings. The van der Waals surface area contributed by atoms with Crippen LogP contribution in [-0.2, 0) is 4.79 Å². The lowest BCUT2D eigenvalue weighted by atomic mass is 9.83. The van der Waals surface area contributed by atoms with Gasteiger partial charge >= 0.3 is 0 Å². The van der Waals surface area contributed by atoms with Gasteiger partial charge in [0.05, 0.1) is 5.69 Å². The number of nitrogens with two attached hydrogens (primary N) is 1. The van der Waals surface area contributed by atoms with Gasteiger partial charge < -0.3 is 11.1 Å². The van der Waals surface area contributed by atoms with Crippen LogP contribution in [0.4, 0.5) is 5.13 Å². The van der Waals surface area contributed by atoms with E-state index in [4.69, 9.17) is 5.73 Å². The molecule has 0 aliphatic heterocycles. The van der Waals surface area contributed by atoms with Crippen molar-refractivity contribution in [1.29, 1.82) is 0 Å². The number of hydrogen-bond acceptors (Lipinski definition) is 4. The van der Waals surface area contributed by atoms with Crippen LogP contribution in [0.2, 0.25) is 0 Å². The minimum atomic E-state index is 0.0473. The number of carbonyl (C=O) groups excluding carboxylic acids is 1. The number of nitrogens with one attached hydrogen (secondary N) is 1. The van der Waals surface area contributed by atoms with Crippen molar-refractivity contribution in [3.63, 3.8) is 0 Å². The fourth-order valence-electron chi connectivity index (χ4n) is 2.42. The van der Waals surface area contributed by atoms with E-state index in [-0.39, 0.29) is 11.9 Å². The number of nitrogens with zero attached hydrogens (tertiary/aromatic N) is 1. The van der Waals surface area contributed by atoms with Gasteiger partial charge in [-0.1, -0.05) is 12.8 Å². The first-order valence-corrected chi connectivity index (χ1v) is 7.37. The number of rotatable bonds is 3. The Bertz CT molecular complexity index is 410. The summed E-state index contributed by atoms with van der Waals surface area (Å²) in [6, 6.07) is 0.185. The van der Waals surface area contributed by atoms with Gasteiger partial charge in [-0.05, 0) is 32.6 Å². The van der Waals surface area contributed by atoms with Gasteiger partial charge in [0, 0.05) is 17.3 Å². The van der Waals surface area contributed by atoms with Crippen molar-refractivity contribution in [2.45, 2.75) is 52.0 Å². The maximum absolute atomic E-state index is 11.9. The molecule has 2 rings (SSSR count). The maximum atomic E-state index is 11.9. The SMILES string of the molecule is Cc1nc(NC(=O)CC2CCCCC2N)sc1C. The Kier molecular flexibility index (Phi) is 4.35. The highest BCUT2D eigenvalue weighted by atomic mass is 32.1. The van der Waals surface area contributed by atoms with Crippen LogP contribution >= 0.6 is 11.3 Å². The summed E-state index contributed by atoms with van der Waals surface area (Å²) >= 11 is 1.53. The van der Waals surface area contributed by atoms with Crippen molar-refractivity contribution in [3.05, 3.63) is 10.6 Å². The number of aryl methyl sites for hydroxylation is 2. The van der Waals surface area contributed by atoms with Crippen molar-refractivity contribution in [1.82, 2.24) is 4.98 Å². The van der Waals surface area contributed by atoms with E-state index in [0.717, 1.165) is 23.4 Å². The predicted molar refractivity (Wildman–Crippen MR) is 74.8 cm³/mol. The molecule has 0 aromatic carbocycles. The van der Waals surface area contributed by atoms with E-state index in [1.54, 1.807) is 0 Å². The predicted octanol–water partition coefficient (Wildman–Crippen LogP) is 2.61. The van der Waals surface area contributed by atoms with E-state index in [0.29, 0.717) is 17.5 Å². The monoisotopic (exact) mass is 267 g/mol. The average molecular weight is 267 g/mol. The number of amides is 1. The lowest BCUT2D eigenvalue weighted by molar-refractivity contribution is -0.117. The number of thiazole rings is 1. The standard InChI is InChI=1S/C13H21N3OS/c1-8-9(2)18-13(15-8)16-12(17)7-10-5-3-4-6-11(10)14/h10-11H,3-7,14H2,1-2H3,(H,15,16,17). The summed E-state index contributed by atoms with van der Waals surface area (Å²) in [6.07, 6.45) is 5.04. The van der Waals surface area contributed by atoms with Gasteiger partial charge in [-0.2, -0.15) is 0 Å². The van der Waals surface area contributed by atoms with E-state index < -0.39 is 0 Å². The summed E-state index contributed by atoms with van der Waals surface area (Å²) < 4.78 is 0. The Morgan fingerprint density at radius 2 is 2.17 bits per heavy atom. The first-order chi connectivity index (χ1) is 8.56. The Hall–Kier alpha value is -0.940. The molecule has 1 aliphatic carbocycles. The lowest BCUT2D eigenvalue weighted by Gasteiger charge is -2.27. The summed E-state index contributed by atoms with van der Waals surface area (Å²) in [5.74, 6) is 0.381. The summed E-state index contributed by atoms with van der Waals surface area (Å²) in [7, 11) is 0. The number of aromatic nitrogens is 1. The minimum Gasteiger partial charge on any atom is -0.327 e. The second kappa shape index (κ2) is 5.80. The molecule has 5 heteroatoms. The minimum absolute atomic E-state index is 0.0473. The van der Waals surface area contributed by atoms with Crippen LogP contribution in [-0.4, -0.2) is 16.9 Å². The molecule has 1 fully saturated rings. The number of carbonyl (C=O) groups is 1. The van der Waals surface area contributed by atoms with Crippen molar-refractivity contribution in [3.8, 4) is 0 Å². The quantitative estimate of drug-likeness (QED) is 0.884. The smallest absolute Gasteiger partial charge is 0.226 e. The highest BCUT2D eigenvalue weighted by molar-refractivity contribution is 7.15. The normalized spacial score (nSPS) is 23.9. The highest BCUT2D eigenvalue weighted by Gasteiger charge is 2.24. The zero-order valence-electron chi connectivity index (χ0n) is 11.0. The van der Waals surface area contributed by atoms with Crippen molar-refractivity contribution < 1.29 is 4.79 Å². The zero-order valence-corrected chi connectivity index (χ0v) is 11.8. The van der Waals surface area contributed by atoms with Gasteiger partial charge in [-0.25, -0.2) is 4.98 Å².